The van der Waals surface area contributed by atoms with Crippen LogP contribution in [-0.2, 0) is 47.4 Å². The van der Waals surface area contributed by atoms with E-state index in [-0.39, 0.29) is 52.9 Å². The maximum Gasteiger partial charge on any atom is 0.380 e. The Labute approximate surface area is 297 Å². The molecule has 0 atom stereocenters. The van der Waals surface area contributed by atoms with Gasteiger partial charge in [0.1, 0.15) is 24.7 Å². The van der Waals surface area contributed by atoms with Gasteiger partial charge in [0.15, 0.2) is 0 Å². The maximum atomic E-state index is 14.0. The summed E-state index contributed by atoms with van der Waals surface area (Å²) in [4.78, 5) is 13.2. The molecule has 0 saturated carbocycles. The second kappa shape index (κ2) is 22.7. The summed E-state index contributed by atoms with van der Waals surface area (Å²) in [5.74, 6) is -40.6. The summed E-state index contributed by atoms with van der Waals surface area (Å²) >= 11 is 0. The highest BCUT2D eigenvalue weighted by Gasteiger charge is 2.76. The minimum absolute atomic E-state index is 0.0834. The van der Waals surface area contributed by atoms with E-state index in [0.717, 1.165) is 6.92 Å². The Morgan fingerprint density at radius 1 is 0.481 bits per heavy atom. The summed E-state index contributed by atoms with van der Waals surface area (Å²) in [6.07, 6.45) is -13.1. The highest BCUT2D eigenvalue weighted by atomic mass is 19.4. The van der Waals surface area contributed by atoms with Gasteiger partial charge in [-0.05, 0) is 6.92 Å². The Kier molecular flexibility index (Phi) is 21.9. The first-order chi connectivity index (χ1) is 24.7. The first kappa shape index (κ1) is 52.0. The standard InChI is InChI=1S/C28H40F16O10/c1-22(14-50-10-8-48-6-4-46-2,15-51-11-9-49-7-5-47-3)21(45)54-18(12-52-16-23(33,34)27(41,42)25(37,38)19(29)30)13-53-17-24(35,36)28(43,44)26(39,40)20(31)32/h18-20H,4-17H2,1-3H3. The van der Waals surface area contributed by atoms with Crippen molar-refractivity contribution in [3.8, 4) is 0 Å². The van der Waals surface area contributed by atoms with E-state index in [9.17, 15) is 75.0 Å². The molecule has 0 saturated heterocycles. The number of alkyl halides is 16. The average Bonchev–Trinajstić information content (AvgIpc) is 3.06. The molecule has 0 aromatic carbocycles. The SMILES string of the molecule is COCCOCCOCC(C)(COCCOCCOC)C(=O)OC(COCC(F)(F)C(F)(F)C(F)(F)C(F)F)COCC(F)(F)C(F)(F)C(F)(F)C(F)F. The van der Waals surface area contributed by atoms with Gasteiger partial charge in [-0.1, -0.05) is 0 Å². The fraction of sp³-hybridized carbons (Fsp3) is 0.964. The van der Waals surface area contributed by atoms with Gasteiger partial charge in [0, 0.05) is 14.2 Å². The number of methoxy groups -OCH3 is 2. The second-order valence-corrected chi connectivity index (χ2v) is 11.3. The molecule has 0 heterocycles. The zero-order valence-corrected chi connectivity index (χ0v) is 28.8. The number of rotatable bonds is 32. The molecule has 26 heteroatoms. The molecular weight excluding hydrogens is 800 g/mol. The van der Waals surface area contributed by atoms with Gasteiger partial charge in [-0.2, -0.15) is 52.7 Å². The summed E-state index contributed by atoms with van der Waals surface area (Å²) in [6.45, 7) is -9.44. The van der Waals surface area contributed by atoms with Gasteiger partial charge in [0.2, 0.25) is 0 Å². The number of esters is 1. The van der Waals surface area contributed by atoms with Gasteiger partial charge in [-0.3, -0.25) is 4.79 Å². The molecule has 0 aromatic rings. The van der Waals surface area contributed by atoms with Crippen molar-refractivity contribution in [1.29, 1.82) is 0 Å². The number of hydrogen-bond donors (Lipinski definition) is 0. The van der Waals surface area contributed by atoms with Gasteiger partial charge < -0.3 is 42.6 Å². The summed E-state index contributed by atoms with van der Waals surface area (Å²) in [6, 6.07) is 0. The first-order valence-corrected chi connectivity index (χ1v) is 15.2. The third-order valence-electron chi connectivity index (χ3n) is 6.69. The molecule has 54 heavy (non-hydrogen) atoms. The lowest BCUT2D eigenvalue weighted by Crippen LogP contribution is -2.59. The van der Waals surface area contributed by atoms with E-state index in [0.29, 0.717) is 0 Å². The lowest BCUT2D eigenvalue weighted by Gasteiger charge is -2.33. The maximum absolute atomic E-state index is 14.0. The molecule has 10 nitrogen and oxygen atoms in total. The predicted molar refractivity (Wildman–Crippen MR) is 148 cm³/mol. The molecule has 0 aliphatic carbocycles. The normalized spacial score (nSPS) is 14.2. The molecule has 0 radical (unpaired) electrons. The van der Waals surface area contributed by atoms with Crippen LogP contribution in [0.15, 0.2) is 0 Å². The molecule has 0 rings (SSSR count). The highest BCUT2D eigenvalue weighted by Crippen LogP contribution is 2.49. The number of carbonyl (C=O) groups excluding carboxylic acids is 1. The molecule has 0 fully saturated rings. The van der Waals surface area contributed by atoms with Crippen molar-refractivity contribution in [3.05, 3.63) is 0 Å². The predicted octanol–water partition coefficient (Wildman–Crippen LogP) is 5.64. The molecular formula is C28H40F16O10. The van der Waals surface area contributed by atoms with Crippen molar-refractivity contribution in [2.75, 3.05) is 107 Å². The fourth-order valence-electron chi connectivity index (χ4n) is 3.47. The second-order valence-electron chi connectivity index (χ2n) is 11.3. The third kappa shape index (κ3) is 14.8. The highest BCUT2D eigenvalue weighted by molar-refractivity contribution is 5.77. The lowest BCUT2D eigenvalue weighted by molar-refractivity contribution is -0.348. The Morgan fingerprint density at radius 2 is 0.796 bits per heavy atom. The average molecular weight is 841 g/mol. The van der Waals surface area contributed by atoms with Crippen LogP contribution < -0.4 is 0 Å². The number of hydrogen-bond acceptors (Lipinski definition) is 10. The molecule has 0 unspecified atom stereocenters. The van der Waals surface area contributed by atoms with Gasteiger partial charge in [-0.25, -0.2) is 17.6 Å². The van der Waals surface area contributed by atoms with Gasteiger partial charge in [-0.15, -0.1) is 0 Å². The van der Waals surface area contributed by atoms with Crippen LogP contribution in [0.5, 0.6) is 0 Å². The van der Waals surface area contributed by atoms with Gasteiger partial charge in [0.25, 0.3) is 0 Å². The Morgan fingerprint density at radius 3 is 1.11 bits per heavy atom. The largest absolute Gasteiger partial charge is 0.457 e. The first-order valence-electron chi connectivity index (χ1n) is 15.2. The van der Waals surface area contributed by atoms with Crippen molar-refractivity contribution in [2.45, 2.75) is 61.4 Å². The molecule has 324 valence electrons. The van der Waals surface area contributed by atoms with Crippen LogP contribution in [0.25, 0.3) is 0 Å². The number of carbonyl (C=O) groups is 1. The minimum Gasteiger partial charge on any atom is -0.457 e. The molecule has 0 spiro atoms. The fourth-order valence-corrected chi connectivity index (χ4v) is 3.47. The minimum atomic E-state index is -6.78. The van der Waals surface area contributed by atoms with E-state index in [1.807, 2.05) is 0 Å². The summed E-state index contributed by atoms with van der Waals surface area (Å²) < 4.78 is 257. The van der Waals surface area contributed by atoms with Crippen molar-refractivity contribution in [1.82, 2.24) is 0 Å². The molecule has 0 aliphatic rings. The number of ether oxygens (including phenoxy) is 9. The Hall–Kier alpha value is -1.97. The zero-order chi connectivity index (χ0) is 42.1. The van der Waals surface area contributed by atoms with E-state index in [4.69, 9.17) is 33.2 Å². The van der Waals surface area contributed by atoms with E-state index in [2.05, 4.69) is 9.47 Å². The van der Waals surface area contributed by atoms with Gasteiger partial charge >= 0.3 is 54.4 Å². The van der Waals surface area contributed by atoms with Crippen molar-refractivity contribution < 1.29 is 118 Å². The van der Waals surface area contributed by atoms with E-state index in [1.165, 1.54) is 14.2 Å². The van der Waals surface area contributed by atoms with Crippen LogP contribution >= 0.6 is 0 Å². The molecule has 0 aliphatic heterocycles. The molecule has 0 aromatic heterocycles. The van der Waals surface area contributed by atoms with Crippen LogP contribution in [0, 0.1) is 5.41 Å². The van der Waals surface area contributed by atoms with E-state index in [1.54, 1.807) is 0 Å². The summed E-state index contributed by atoms with van der Waals surface area (Å²) in [5.41, 5.74) is -2.00. The smallest absolute Gasteiger partial charge is 0.380 e. The summed E-state index contributed by atoms with van der Waals surface area (Å²) in [5, 5.41) is 0. The molecule has 0 N–H and O–H groups in total. The van der Waals surface area contributed by atoms with Crippen molar-refractivity contribution in [2.24, 2.45) is 5.41 Å². The van der Waals surface area contributed by atoms with E-state index >= 15 is 0 Å². The van der Waals surface area contributed by atoms with Crippen LogP contribution in [0.3, 0.4) is 0 Å². The zero-order valence-electron chi connectivity index (χ0n) is 28.8. The topological polar surface area (TPSA) is 100 Å². The Balaban J connectivity index is 6.15. The number of halogens is 16. The van der Waals surface area contributed by atoms with Crippen LogP contribution in [-0.4, -0.2) is 167 Å². The lowest BCUT2D eigenvalue weighted by atomic mass is 9.93. The van der Waals surface area contributed by atoms with Crippen LogP contribution in [0.1, 0.15) is 6.92 Å². The van der Waals surface area contributed by atoms with Gasteiger partial charge in [0.05, 0.1) is 79.3 Å². The van der Waals surface area contributed by atoms with Crippen LogP contribution in [0.4, 0.5) is 70.2 Å². The van der Waals surface area contributed by atoms with Crippen LogP contribution in [0.2, 0.25) is 0 Å². The Bertz CT molecular complexity index is 988. The monoisotopic (exact) mass is 840 g/mol. The van der Waals surface area contributed by atoms with E-state index < -0.39 is 106 Å². The third-order valence-corrected chi connectivity index (χ3v) is 6.69. The molecule has 0 amide bonds. The molecule has 0 bridgehead atoms. The van der Waals surface area contributed by atoms with Crippen molar-refractivity contribution in [3.63, 3.8) is 0 Å². The van der Waals surface area contributed by atoms with Crippen molar-refractivity contribution >= 4 is 5.97 Å². The summed E-state index contributed by atoms with van der Waals surface area (Å²) in [7, 11) is 2.75. The quantitative estimate of drug-likeness (QED) is 0.0481.